The predicted octanol–water partition coefficient (Wildman–Crippen LogP) is 1.11. The van der Waals surface area contributed by atoms with Crippen molar-refractivity contribution in [2.45, 2.75) is 6.92 Å². The minimum atomic E-state index is -3.28. The Kier molecular flexibility index (Phi) is 3.59. The van der Waals surface area contributed by atoms with Crippen molar-refractivity contribution in [2.75, 3.05) is 24.9 Å². The molecule has 0 aromatic carbocycles. The quantitative estimate of drug-likeness (QED) is 0.652. The zero-order chi connectivity index (χ0) is 8.41. The van der Waals surface area contributed by atoms with Crippen LogP contribution in [0, 0.1) is 0 Å². The van der Waals surface area contributed by atoms with E-state index in [1.165, 1.54) is 0 Å². The van der Waals surface area contributed by atoms with Gasteiger partial charge in [0.25, 0.3) is 0 Å². The Balaban J connectivity index is 3.89. The Morgan fingerprint density at radius 2 is 1.70 bits per heavy atom. The molecule has 2 N–H and O–H groups in total. The Hall–Kier alpha value is 0.660. The van der Waals surface area contributed by atoms with Crippen LogP contribution in [0.5, 0.6) is 0 Å². The van der Waals surface area contributed by atoms with Gasteiger partial charge in [-0.2, -0.15) is 0 Å². The molecule has 5 heteroatoms. The van der Waals surface area contributed by atoms with Gasteiger partial charge in [0.1, 0.15) is 0 Å². The average Bonchev–Trinajstić information content (AvgIpc) is 1.60. The maximum absolute atomic E-state index is 9.15. The summed E-state index contributed by atoms with van der Waals surface area (Å²) < 4.78 is 5.11. The van der Waals surface area contributed by atoms with Gasteiger partial charge in [-0.1, -0.05) is 0 Å². The van der Waals surface area contributed by atoms with Crippen LogP contribution in [-0.4, -0.2) is 34.7 Å². The van der Waals surface area contributed by atoms with E-state index in [4.69, 9.17) is 13.8 Å². The summed E-state index contributed by atoms with van der Waals surface area (Å²) in [4.78, 5) is 18.3. The van der Waals surface area contributed by atoms with Crippen molar-refractivity contribution >= 4 is 18.3 Å². The van der Waals surface area contributed by atoms with Gasteiger partial charge in [0.2, 0.25) is 0 Å². The van der Waals surface area contributed by atoms with Gasteiger partial charge in [-0.05, 0) is 0 Å². The van der Waals surface area contributed by atoms with Gasteiger partial charge in [0.05, 0.1) is 0 Å². The van der Waals surface area contributed by atoms with Crippen molar-refractivity contribution in [3.8, 4) is 0 Å². The van der Waals surface area contributed by atoms with Crippen LogP contribution in [0.2, 0.25) is 0 Å². The molecule has 0 aliphatic heterocycles. The van der Waals surface area contributed by atoms with Gasteiger partial charge in [-0.15, -0.1) is 0 Å². The molecule has 0 rings (SSSR count). The van der Waals surface area contributed by atoms with E-state index >= 15 is 0 Å². The van der Waals surface area contributed by atoms with Crippen LogP contribution in [0.1, 0.15) is 6.92 Å². The summed E-state index contributed by atoms with van der Waals surface area (Å²) in [6.07, 6.45) is 5.99. The van der Waals surface area contributed by atoms with Crippen molar-refractivity contribution in [3.05, 3.63) is 0 Å². The van der Waals surface area contributed by atoms with E-state index in [2.05, 4.69) is 0 Å². The molecule has 10 heavy (non-hydrogen) atoms. The maximum atomic E-state index is 9.15. The Labute approximate surface area is 64.5 Å². The first-order valence-electron chi connectivity index (χ1n) is 3.10. The van der Waals surface area contributed by atoms with E-state index < -0.39 is 18.3 Å². The molecule has 66 valence electrons. The zero-order valence-corrected chi connectivity index (χ0v) is 8.73. The molecular formula is C5H17O3PS. The fourth-order valence-electron chi connectivity index (χ4n) is 0.459. The minimum absolute atomic E-state index is 0.331. The fraction of sp³-hybridized carbons (Fsp3) is 1.00. The van der Waals surface area contributed by atoms with Crippen molar-refractivity contribution < 1.29 is 13.8 Å². The molecule has 0 aliphatic rings. The number of rotatable bonds is 3. The molecule has 0 amide bonds. The molecule has 0 aliphatic carbocycles. The van der Waals surface area contributed by atoms with Gasteiger partial charge in [0.15, 0.2) is 0 Å². The van der Waals surface area contributed by atoms with E-state index in [-0.39, 0.29) is 0 Å². The summed E-state index contributed by atoms with van der Waals surface area (Å²) >= 11 is 0. The first-order chi connectivity index (χ1) is 4.27. The summed E-state index contributed by atoms with van der Waals surface area (Å²) in [6.45, 7) is 1.72. The van der Waals surface area contributed by atoms with Gasteiger partial charge in [0, 0.05) is 0 Å². The SMILES string of the molecule is CC[PH](O)(O)OS(C)(C)C. The van der Waals surface area contributed by atoms with Crippen LogP contribution < -0.4 is 0 Å². The van der Waals surface area contributed by atoms with Crippen molar-refractivity contribution in [3.63, 3.8) is 0 Å². The first kappa shape index (κ1) is 10.7. The first-order valence-corrected chi connectivity index (χ1v) is 7.90. The van der Waals surface area contributed by atoms with Crippen LogP contribution in [0.4, 0.5) is 0 Å². The normalized spacial score (nSPS) is 17.0. The van der Waals surface area contributed by atoms with E-state index in [1.807, 2.05) is 18.8 Å². The molecule has 0 radical (unpaired) electrons. The van der Waals surface area contributed by atoms with E-state index in [1.54, 1.807) is 6.92 Å². The molecule has 0 saturated carbocycles. The predicted molar refractivity (Wildman–Crippen MR) is 49.7 cm³/mol. The van der Waals surface area contributed by atoms with Crippen LogP contribution in [0.15, 0.2) is 0 Å². The van der Waals surface area contributed by atoms with Gasteiger partial charge < -0.3 is 0 Å². The van der Waals surface area contributed by atoms with Crippen LogP contribution in [0.3, 0.4) is 0 Å². The van der Waals surface area contributed by atoms with Crippen molar-refractivity contribution in [1.29, 1.82) is 0 Å². The molecule has 0 atom stereocenters. The van der Waals surface area contributed by atoms with Crippen molar-refractivity contribution in [1.82, 2.24) is 0 Å². The van der Waals surface area contributed by atoms with Crippen LogP contribution >= 0.6 is 18.3 Å². The molecule has 0 unspecified atom stereocenters. The van der Waals surface area contributed by atoms with Gasteiger partial charge in [-0.3, -0.25) is 0 Å². The topological polar surface area (TPSA) is 49.7 Å². The van der Waals surface area contributed by atoms with Crippen LogP contribution in [-0.2, 0) is 3.97 Å². The second-order valence-corrected chi connectivity index (χ2v) is 9.21. The molecule has 0 saturated heterocycles. The molecule has 0 fully saturated rings. The number of hydrogen-bond acceptors (Lipinski definition) is 3. The molecule has 0 heterocycles. The Morgan fingerprint density at radius 1 is 1.30 bits per heavy atom. The van der Waals surface area contributed by atoms with E-state index in [0.717, 1.165) is 0 Å². The molecule has 0 aromatic heterocycles. The van der Waals surface area contributed by atoms with Crippen LogP contribution in [0.25, 0.3) is 0 Å². The third-order valence-electron chi connectivity index (χ3n) is 0.844. The Bertz CT molecular complexity index is 110. The van der Waals surface area contributed by atoms with E-state index in [9.17, 15) is 0 Å². The molecular weight excluding hydrogens is 171 g/mol. The summed E-state index contributed by atoms with van der Waals surface area (Å²) in [5.74, 6) is 0. The third-order valence-corrected chi connectivity index (χ3v) is 4.83. The zero-order valence-electron chi connectivity index (χ0n) is 6.92. The third kappa shape index (κ3) is 5.45. The number of hydrogen-bond donors (Lipinski definition) is 2. The average molecular weight is 188 g/mol. The van der Waals surface area contributed by atoms with Crippen molar-refractivity contribution in [2.24, 2.45) is 0 Å². The second-order valence-electron chi connectivity index (χ2n) is 2.90. The second kappa shape index (κ2) is 3.37. The summed E-state index contributed by atoms with van der Waals surface area (Å²) in [5.41, 5.74) is 0. The molecule has 3 nitrogen and oxygen atoms in total. The van der Waals surface area contributed by atoms with E-state index in [0.29, 0.717) is 6.16 Å². The summed E-state index contributed by atoms with van der Waals surface area (Å²) in [5, 5.41) is 0. The molecule has 0 spiro atoms. The molecule has 0 bridgehead atoms. The molecule has 0 aromatic rings. The summed E-state index contributed by atoms with van der Waals surface area (Å²) in [6, 6.07) is 0. The van der Waals surface area contributed by atoms with Gasteiger partial charge in [-0.25, -0.2) is 0 Å². The Morgan fingerprint density at radius 3 is 1.80 bits per heavy atom. The fourth-order valence-corrected chi connectivity index (χ4v) is 4.13. The monoisotopic (exact) mass is 188 g/mol. The standard InChI is InChI=1S/C5H17O3PS/c1-5-9(6,7)8-10(2,3)4/h6-7,9H,5H2,1-4H3. The van der Waals surface area contributed by atoms with Gasteiger partial charge >= 0.3 is 63.9 Å². The summed E-state index contributed by atoms with van der Waals surface area (Å²) in [7, 11) is -4.51.